The summed E-state index contributed by atoms with van der Waals surface area (Å²) in [6, 6.07) is 9.95. The minimum absolute atomic E-state index is 0.0441. The average molecular weight is 448 g/mol. The van der Waals surface area contributed by atoms with E-state index in [0.29, 0.717) is 21.2 Å². The van der Waals surface area contributed by atoms with Gasteiger partial charge in [-0.05, 0) is 48.7 Å². The van der Waals surface area contributed by atoms with Crippen LogP contribution in [-0.2, 0) is 16.2 Å². The molecule has 0 bridgehead atoms. The topological polar surface area (TPSA) is 78.0 Å². The number of sulfonamides is 1. The maximum Gasteiger partial charge on any atom is 0.434 e. The molecule has 5 nitrogen and oxygen atoms in total. The zero-order valence-corrected chi connectivity index (χ0v) is 16.6. The third-order valence-electron chi connectivity index (χ3n) is 3.85. The second-order valence-corrected chi connectivity index (χ2v) is 8.52. The highest BCUT2D eigenvalue weighted by atomic mass is 35.5. The molecule has 148 valence electrons. The molecule has 0 spiro atoms. The Morgan fingerprint density at radius 1 is 1.14 bits per heavy atom. The molecule has 0 saturated carbocycles. The number of alkyl halides is 3. The van der Waals surface area contributed by atoms with Crippen molar-refractivity contribution in [3.8, 4) is 17.1 Å². The van der Waals surface area contributed by atoms with Gasteiger partial charge in [0.2, 0.25) is 10.0 Å². The lowest BCUT2D eigenvalue weighted by molar-refractivity contribution is -0.140. The largest absolute Gasteiger partial charge is 0.434 e. The van der Waals surface area contributed by atoms with E-state index in [1.165, 1.54) is 40.6 Å². The van der Waals surface area contributed by atoms with Crippen LogP contribution in [0.25, 0.3) is 17.1 Å². The van der Waals surface area contributed by atoms with Crippen molar-refractivity contribution in [2.75, 3.05) is 6.26 Å². The van der Waals surface area contributed by atoms with E-state index in [9.17, 15) is 21.6 Å². The van der Waals surface area contributed by atoms with Gasteiger partial charge in [-0.15, -0.1) is 11.8 Å². The fraction of sp³-hybridized carbons (Fsp3) is 0.118. The molecule has 0 atom stereocenters. The summed E-state index contributed by atoms with van der Waals surface area (Å²) in [5, 5.41) is 5.54. The summed E-state index contributed by atoms with van der Waals surface area (Å²) < 4.78 is 63.8. The van der Waals surface area contributed by atoms with Gasteiger partial charge in [0.15, 0.2) is 5.69 Å². The summed E-state index contributed by atoms with van der Waals surface area (Å²) >= 11 is 7.43. The van der Waals surface area contributed by atoms with Gasteiger partial charge in [0, 0.05) is 22.3 Å². The first-order valence-electron chi connectivity index (χ1n) is 7.64. The van der Waals surface area contributed by atoms with Crippen molar-refractivity contribution in [1.29, 1.82) is 0 Å². The van der Waals surface area contributed by atoms with Crippen LogP contribution in [0.5, 0.6) is 0 Å². The Balaban J connectivity index is 2.19. The van der Waals surface area contributed by atoms with Crippen LogP contribution in [0.3, 0.4) is 0 Å². The minimum Gasteiger partial charge on any atom is -0.299 e. The molecule has 0 aliphatic carbocycles. The quantitative estimate of drug-likeness (QED) is 0.594. The molecule has 0 aliphatic heterocycles. The highest BCUT2D eigenvalue weighted by molar-refractivity contribution is 7.98. The van der Waals surface area contributed by atoms with E-state index in [1.807, 2.05) is 0 Å². The Bertz CT molecular complexity index is 1130. The molecule has 0 aliphatic rings. The van der Waals surface area contributed by atoms with Gasteiger partial charge in [0.25, 0.3) is 0 Å². The number of thioether (sulfide) groups is 1. The number of halogens is 4. The van der Waals surface area contributed by atoms with Crippen LogP contribution in [0.15, 0.2) is 58.5 Å². The van der Waals surface area contributed by atoms with Crippen molar-refractivity contribution in [3.05, 3.63) is 59.4 Å². The molecule has 0 radical (unpaired) electrons. The van der Waals surface area contributed by atoms with Gasteiger partial charge in [-0.3, -0.25) is 4.57 Å². The number of nitrogens with two attached hydrogens (primary N) is 1. The number of imidazole rings is 1. The van der Waals surface area contributed by atoms with Gasteiger partial charge < -0.3 is 0 Å². The van der Waals surface area contributed by atoms with E-state index in [2.05, 4.69) is 4.98 Å². The third kappa shape index (κ3) is 4.19. The highest BCUT2D eigenvalue weighted by Gasteiger charge is 2.35. The normalized spacial score (nSPS) is 12.4. The summed E-state index contributed by atoms with van der Waals surface area (Å²) in [6.07, 6.45) is -1.99. The van der Waals surface area contributed by atoms with E-state index < -0.39 is 21.9 Å². The van der Waals surface area contributed by atoms with Crippen molar-refractivity contribution < 1.29 is 21.6 Å². The second kappa shape index (κ2) is 7.43. The lowest BCUT2D eigenvalue weighted by Gasteiger charge is -2.10. The number of benzene rings is 2. The second-order valence-electron chi connectivity index (χ2n) is 5.71. The van der Waals surface area contributed by atoms with Gasteiger partial charge in [-0.2, -0.15) is 13.2 Å². The molecule has 0 amide bonds. The zero-order chi connectivity index (χ0) is 20.7. The minimum atomic E-state index is -4.64. The smallest absolute Gasteiger partial charge is 0.299 e. The van der Waals surface area contributed by atoms with Crippen LogP contribution >= 0.6 is 23.4 Å². The summed E-state index contributed by atoms with van der Waals surface area (Å²) in [5.41, 5.74) is -0.343. The monoisotopic (exact) mass is 447 g/mol. The molecule has 3 rings (SSSR count). The maximum atomic E-state index is 13.2. The molecule has 0 unspecified atom stereocenters. The van der Waals surface area contributed by atoms with Gasteiger partial charge >= 0.3 is 6.18 Å². The number of primary sulfonamides is 1. The predicted octanol–water partition coefficient (Wildman–Crippen LogP) is 4.58. The standard InChI is InChI=1S/C17H13ClF3N3O2S2/c1-27-14-8-10(2-7-13(14)18)16-23-15(17(19,20)21)9-24(16)11-3-5-12(6-4-11)28(22,25)26/h2-9H,1H3,(H2,22,25,26). The predicted molar refractivity (Wildman–Crippen MR) is 102 cm³/mol. The number of hydrogen-bond donors (Lipinski definition) is 1. The molecule has 11 heteroatoms. The third-order valence-corrected chi connectivity index (χ3v) is 6.00. The number of aromatic nitrogens is 2. The number of rotatable bonds is 4. The van der Waals surface area contributed by atoms with Gasteiger partial charge in [0.1, 0.15) is 5.82 Å². The summed E-state index contributed by atoms with van der Waals surface area (Å²) in [7, 11) is -3.92. The molecule has 1 aromatic heterocycles. The van der Waals surface area contributed by atoms with Gasteiger partial charge in [0.05, 0.1) is 9.92 Å². The highest BCUT2D eigenvalue weighted by Crippen LogP contribution is 2.35. The molecule has 0 saturated heterocycles. The van der Waals surface area contributed by atoms with Crippen molar-refractivity contribution in [3.63, 3.8) is 0 Å². The number of nitrogens with zero attached hydrogens (tertiary/aromatic N) is 2. The first kappa shape index (κ1) is 20.7. The Kier molecular flexibility index (Phi) is 5.50. The summed E-state index contributed by atoms with van der Waals surface area (Å²) in [6.45, 7) is 0. The average Bonchev–Trinajstić information content (AvgIpc) is 3.07. The Morgan fingerprint density at radius 3 is 2.32 bits per heavy atom. The molecule has 1 heterocycles. The molecule has 28 heavy (non-hydrogen) atoms. The molecule has 2 aromatic carbocycles. The Labute approximate surface area is 168 Å². The fourth-order valence-corrected chi connectivity index (χ4v) is 3.88. The zero-order valence-electron chi connectivity index (χ0n) is 14.2. The molecule has 2 N–H and O–H groups in total. The maximum absolute atomic E-state index is 13.2. The Hall–Kier alpha value is -2.01. The Morgan fingerprint density at radius 2 is 1.79 bits per heavy atom. The van der Waals surface area contributed by atoms with E-state index >= 15 is 0 Å². The molecule has 3 aromatic rings. The molecular formula is C17H13ClF3N3O2S2. The van der Waals surface area contributed by atoms with Gasteiger partial charge in [-0.1, -0.05) is 11.6 Å². The van der Waals surface area contributed by atoms with Gasteiger partial charge in [-0.25, -0.2) is 18.5 Å². The lowest BCUT2D eigenvalue weighted by Crippen LogP contribution is -2.12. The molecule has 0 fully saturated rings. The van der Waals surface area contributed by atoms with E-state index in [0.717, 1.165) is 6.20 Å². The van der Waals surface area contributed by atoms with E-state index in [1.54, 1.807) is 24.5 Å². The summed E-state index contributed by atoms with van der Waals surface area (Å²) in [4.78, 5) is 4.29. The SMILES string of the molecule is CSc1cc(-c2nc(C(F)(F)F)cn2-c2ccc(S(N)(=O)=O)cc2)ccc1Cl. The van der Waals surface area contributed by atoms with Crippen LogP contribution in [0, 0.1) is 0 Å². The molecular weight excluding hydrogens is 435 g/mol. The van der Waals surface area contributed by atoms with Crippen LogP contribution in [0.1, 0.15) is 5.69 Å². The van der Waals surface area contributed by atoms with E-state index in [-0.39, 0.29) is 10.7 Å². The van der Waals surface area contributed by atoms with Crippen molar-refractivity contribution in [2.24, 2.45) is 5.14 Å². The van der Waals surface area contributed by atoms with Crippen molar-refractivity contribution in [1.82, 2.24) is 9.55 Å². The lowest BCUT2D eigenvalue weighted by atomic mass is 10.2. The van der Waals surface area contributed by atoms with Crippen LogP contribution in [-0.4, -0.2) is 24.2 Å². The van der Waals surface area contributed by atoms with Crippen LogP contribution in [0.4, 0.5) is 13.2 Å². The summed E-state index contributed by atoms with van der Waals surface area (Å²) in [5.74, 6) is 0.0441. The van der Waals surface area contributed by atoms with Crippen LogP contribution < -0.4 is 5.14 Å². The first-order valence-corrected chi connectivity index (χ1v) is 10.8. The van der Waals surface area contributed by atoms with Crippen LogP contribution in [0.2, 0.25) is 5.02 Å². The fourth-order valence-electron chi connectivity index (χ4n) is 2.51. The van der Waals surface area contributed by atoms with E-state index in [4.69, 9.17) is 16.7 Å². The number of hydrogen-bond acceptors (Lipinski definition) is 4. The van der Waals surface area contributed by atoms with Crippen molar-refractivity contribution in [2.45, 2.75) is 16.0 Å². The van der Waals surface area contributed by atoms with Crippen molar-refractivity contribution >= 4 is 33.4 Å². The first-order chi connectivity index (χ1) is 13.0.